The lowest BCUT2D eigenvalue weighted by Crippen LogP contribution is -2.35. The first-order valence-corrected chi connectivity index (χ1v) is 7.92. The summed E-state index contributed by atoms with van der Waals surface area (Å²) in [5.74, 6) is -1.20. The van der Waals surface area contributed by atoms with Gasteiger partial charge >= 0.3 is 5.97 Å². The molecule has 0 atom stereocenters. The number of hydrogen-bond acceptors (Lipinski definition) is 4. The quantitative estimate of drug-likeness (QED) is 0.794. The maximum atomic E-state index is 12.2. The van der Waals surface area contributed by atoms with Crippen LogP contribution in [0.25, 0.3) is 0 Å². The number of carboxylic acids is 1. The van der Waals surface area contributed by atoms with Gasteiger partial charge in [0, 0.05) is 6.54 Å². The number of halogens is 1. The van der Waals surface area contributed by atoms with Gasteiger partial charge in [-0.3, -0.25) is 4.79 Å². The van der Waals surface area contributed by atoms with Gasteiger partial charge in [0.2, 0.25) is 0 Å². The first-order valence-electron chi connectivity index (χ1n) is 4.87. The Morgan fingerprint density at radius 3 is 2.67 bits per heavy atom. The second-order valence-corrected chi connectivity index (χ2v) is 8.04. The average molecular weight is 354 g/mol. The molecule has 0 aliphatic heterocycles. The van der Waals surface area contributed by atoms with E-state index in [1.165, 1.54) is 12.1 Å². The lowest BCUT2D eigenvalue weighted by Gasteiger charge is -2.17. The Morgan fingerprint density at radius 1 is 1.67 bits per heavy atom. The summed E-state index contributed by atoms with van der Waals surface area (Å²) in [5.41, 5.74) is 0.799. The third-order valence-electron chi connectivity index (χ3n) is 2.07. The molecule has 100 valence electrons. The highest BCUT2D eigenvalue weighted by Gasteiger charge is 2.27. The zero-order valence-electron chi connectivity index (χ0n) is 9.59. The molecule has 0 fully saturated rings. The summed E-state index contributed by atoms with van der Waals surface area (Å²) in [6.07, 6.45) is 1.36. The van der Waals surface area contributed by atoms with Crippen molar-refractivity contribution in [3.8, 4) is 0 Å². The predicted molar refractivity (Wildman–Crippen MR) is 73.3 cm³/mol. The van der Waals surface area contributed by atoms with Crippen LogP contribution >= 0.6 is 27.3 Å². The van der Waals surface area contributed by atoms with E-state index in [1.54, 1.807) is 6.92 Å². The van der Waals surface area contributed by atoms with Crippen molar-refractivity contribution >= 4 is 43.3 Å². The van der Waals surface area contributed by atoms with Gasteiger partial charge < -0.3 is 5.11 Å². The molecule has 18 heavy (non-hydrogen) atoms. The molecule has 1 aromatic heterocycles. The molecule has 1 N–H and O–H groups in total. The van der Waals surface area contributed by atoms with E-state index >= 15 is 0 Å². The minimum Gasteiger partial charge on any atom is -0.480 e. The third-order valence-corrected chi connectivity index (χ3v) is 6.47. The zero-order chi connectivity index (χ0) is 13.9. The van der Waals surface area contributed by atoms with Gasteiger partial charge in [-0.25, -0.2) is 8.42 Å². The van der Waals surface area contributed by atoms with Gasteiger partial charge in [-0.05, 0) is 34.5 Å². The third kappa shape index (κ3) is 3.41. The number of nitrogens with zero attached hydrogens (tertiary/aromatic N) is 1. The Hall–Kier alpha value is -0.700. The molecular weight excluding hydrogens is 342 g/mol. The van der Waals surface area contributed by atoms with Crippen molar-refractivity contribution in [1.82, 2.24) is 4.31 Å². The first kappa shape index (κ1) is 15.4. The molecule has 0 bridgehead atoms. The average Bonchev–Trinajstić information content (AvgIpc) is 2.59. The lowest BCUT2D eigenvalue weighted by atomic mass is 10.4. The summed E-state index contributed by atoms with van der Waals surface area (Å²) in [6, 6.07) is 1.52. The van der Waals surface area contributed by atoms with Crippen molar-refractivity contribution in [3.63, 3.8) is 0 Å². The monoisotopic (exact) mass is 353 g/mol. The van der Waals surface area contributed by atoms with Crippen LogP contribution in [0, 0.1) is 6.92 Å². The van der Waals surface area contributed by atoms with Crippen molar-refractivity contribution in [2.75, 3.05) is 13.1 Å². The van der Waals surface area contributed by atoms with Crippen LogP contribution in [-0.2, 0) is 14.8 Å². The molecule has 0 amide bonds. The Labute approximate surface area is 118 Å². The maximum Gasteiger partial charge on any atom is 0.318 e. The molecule has 0 aliphatic carbocycles. The molecular formula is C10H12BrNO4S2. The van der Waals surface area contributed by atoms with E-state index in [4.69, 9.17) is 5.11 Å². The number of hydrogen-bond donors (Lipinski definition) is 1. The molecule has 0 spiro atoms. The molecule has 8 heteroatoms. The van der Waals surface area contributed by atoms with Gasteiger partial charge in [0.15, 0.2) is 0 Å². The SMILES string of the molecule is C=CCN(CC(=O)O)S(=O)(=O)c1cc(C)c(Br)s1. The van der Waals surface area contributed by atoms with Crippen LogP contribution in [0.1, 0.15) is 5.56 Å². The maximum absolute atomic E-state index is 12.2. The minimum atomic E-state index is -3.79. The fourth-order valence-corrected chi connectivity index (χ4v) is 4.97. The molecule has 1 aromatic rings. The summed E-state index contributed by atoms with van der Waals surface area (Å²) >= 11 is 4.31. The van der Waals surface area contributed by atoms with E-state index in [-0.39, 0.29) is 10.8 Å². The number of carboxylic acid groups (broad SMARTS) is 1. The van der Waals surface area contributed by atoms with Crippen LogP contribution < -0.4 is 0 Å². The first-order chi connectivity index (χ1) is 8.28. The number of carbonyl (C=O) groups is 1. The Bertz CT molecular complexity index is 545. The molecule has 1 heterocycles. The highest BCUT2D eigenvalue weighted by atomic mass is 79.9. The van der Waals surface area contributed by atoms with Gasteiger partial charge in [0.05, 0.1) is 3.79 Å². The van der Waals surface area contributed by atoms with Crippen LogP contribution in [0.5, 0.6) is 0 Å². The zero-order valence-corrected chi connectivity index (χ0v) is 12.8. The van der Waals surface area contributed by atoms with Gasteiger partial charge in [0.25, 0.3) is 10.0 Å². The van der Waals surface area contributed by atoms with E-state index in [0.29, 0.717) is 0 Å². The minimum absolute atomic E-state index is 0.0385. The number of aryl methyl sites for hydroxylation is 1. The summed E-state index contributed by atoms with van der Waals surface area (Å²) < 4.78 is 26.2. The Balaban J connectivity index is 3.15. The van der Waals surface area contributed by atoms with Crippen molar-refractivity contribution in [2.24, 2.45) is 0 Å². The normalized spacial score (nSPS) is 11.7. The van der Waals surface area contributed by atoms with Crippen molar-refractivity contribution in [1.29, 1.82) is 0 Å². The summed E-state index contributed by atoms with van der Waals surface area (Å²) in [4.78, 5) is 10.7. The highest BCUT2D eigenvalue weighted by Crippen LogP contribution is 2.32. The van der Waals surface area contributed by atoms with E-state index in [0.717, 1.165) is 25.0 Å². The van der Waals surface area contributed by atoms with E-state index < -0.39 is 22.5 Å². The summed E-state index contributed by atoms with van der Waals surface area (Å²) in [5, 5.41) is 8.73. The smallest absolute Gasteiger partial charge is 0.318 e. The number of thiophene rings is 1. The highest BCUT2D eigenvalue weighted by molar-refractivity contribution is 9.11. The van der Waals surface area contributed by atoms with Crippen LogP contribution in [0.2, 0.25) is 0 Å². The molecule has 0 unspecified atom stereocenters. The summed E-state index contributed by atoms with van der Waals surface area (Å²) in [6.45, 7) is 4.59. The molecule has 0 saturated heterocycles. The van der Waals surface area contributed by atoms with Gasteiger partial charge in [-0.1, -0.05) is 6.08 Å². The Kier molecular flexibility index (Phi) is 5.09. The van der Waals surface area contributed by atoms with Crippen molar-refractivity contribution in [3.05, 3.63) is 28.1 Å². The number of sulfonamides is 1. The second-order valence-electron chi connectivity index (χ2n) is 3.50. The summed E-state index contributed by atoms with van der Waals surface area (Å²) in [7, 11) is -3.79. The standard InChI is InChI=1S/C10H12BrNO4S2/c1-3-4-12(6-8(13)14)18(15,16)9-5-7(2)10(11)17-9/h3,5H,1,4,6H2,2H3,(H,13,14). The van der Waals surface area contributed by atoms with E-state index in [9.17, 15) is 13.2 Å². The van der Waals surface area contributed by atoms with Gasteiger partial charge in [-0.15, -0.1) is 17.9 Å². The Morgan fingerprint density at radius 2 is 2.28 bits per heavy atom. The fourth-order valence-electron chi connectivity index (χ4n) is 1.23. The van der Waals surface area contributed by atoms with Crippen molar-refractivity contribution in [2.45, 2.75) is 11.1 Å². The van der Waals surface area contributed by atoms with Crippen molar-refractivity contribution < 1.29 is 18.3 Å². The lowest BCUT2D eigenvalue weighted by molar-refractivity contribution is -0.137. The van der Waals surface area contributed by atoms with Gasteiger partial charge in [-0.2, -0.15) is 4.31 Å². The van der Waals surface area contributed by atoms with E-state index in [1.807, 2.05) is 0 Å². The molecule has 1 rings (SSSR count). The number of aliphatic carboxylic acids is 1. The van der Waals surface area contributed by atoms with E-state index in [2.05, 4.69) is 22.5 Å². The molecule has 0 aromatic carbocycles. The van der Waals surface area contributed by atoms with Crippen LogP contribution in [0.3, 0.4) is 0 Å². The molecule has 0 aliphatic rings. The number of rotatable bonds is 6. The van der Waals surface area contributed by atoms with Crippen LogP contribution in [0.4, 0.5) is 0 Å². The molecule has 0 radical (unpaired) electrons. The van der Waals surface area contributed by atoms with Gasteiger partial charge in [0.1, 0.15) is 10.8 Å². The fraction of sp³-hybridized carbons (Fsp3) is 0.300. The van der Waals surface area contributed by atoms with Crippen LogP contribution in [0.15, 0.2) is 26.7 Å². The second kappa shape index (κ2) is 5.96. The molecule has 5 nitrogen and oxygen atoms in total. The largest absolute Gasteiger partial charge is 0.480 e. The van der Waals surface area contributed by atoms with Crippen LogP contribution in [-0.4, -0.2) is 36.9 Å². The molecule has 0 saturated carbocycles. The topological polar surface area (TPSA) is 74.7 Å². The predicted octanol–water partition coefficient (Wildman–Crippen LogP) is 2.08.